The number of anilines is 1. The van der Waals surface area contributed by atoms with Crippen LogP contribution in [-0.4, -0.2) is 20.0 Å². The molecule has 3 aromatic rings. The maximum atomic E-state index is 12.8. The fourth-order valence-corrected chi connectivity index (χ4v) is 2.40. The van der Waals surface area contributed by atoms with Gasteiger partial charge in [0.15, 0.2) is 5.82 Å². The van der Waals surface area contributed by atoms with Gasteiger partial charge in [0.05, 0.1) is 22.7 Å². The van der Waals surface area contributed by atoms with Gasteiger partial charge < -0.3 is 5.73 Å². The molecule has 0 saturated carbocycles. The third-order valence-electron chi connectivity index (χ3n) is 3.51. The van der Waals surface area contributed by atoms with E-state index in [1.165, 1.54) is 6.07 Å². The average molecular weight is 307 g/mol. The molecule has 0 saturated heterocycles. The molecule has 0 bridgehead atoms. The zero-order valence-corrected chi connectivity index (χ0v) is 11.8. The normalized spacial score (nSPS) is 12.0. The van der Waals surface area contributed by atoms with Crippen molar-refractivity contribution in [3.8, 4) is 11.3 Å². The molecule has 1 aromatic carbocycles. The topological polar surface area (TPSA) is 69.6 Å². The van der Waals surface area contributed by atoms with Crippen molar-refractivity contribution in [3.63, 3.8) is 0 Å². The second-order valence-electron chi connectivity index (χ2n) is 4.99. The highest BCUT2D eigenvalue weighted by Gasteiger charge is 2.31. The monoisotopic (exact) mass is 307 g/mol. The number of alkyl halides is 3. The van der Waals surface area contributed by atoms with Crippen LogP contribution in [0.4, 0.5) is 19.0 Å². The van der Waals surface area contributed by atoms with Gasteiger partial charge in [0, 0.05) is 12.6 Å². The molecule has 0 aliphatic rings. The number of aryl methyl sites for hydroxylation is 2. The van der Waals surface area contributed by atoms with Gasteiger partial charge in [0.25, 0.3) is 0 Å². The van der Waals surface area contributed by atoms with Gasteiger partial charge in [-0.25, -0.2) is 0 Å². The van der Waals surface area contributed by atoms with E-state index in [9.17, 15) is 13.2 Å². The Morgan fingerprint density at radius 1 is 1.18 bits per heavy atom. The summed E-state index contributed by atoms with van der Waals surface area (Å²) >= 11 is 0. The van der Waals surface area contributed by atoms with Crippen molar-refractivity contribution in [2.24, 2.45) is 7.05 Å². The summed E-state index contributed by atoms with van der Waals surface area (Å²) in [6.07, 6.45) is -2.82. The second-order valence-corrected chi connectivity index (χ2v) is 4.99. The van der Waals surface area contributed by atoms with E-state index in [-0.39, 0.29) is 5.82 Å². The summed E-state index contributed by atoms with van der Waals surface area (Å²) in [5, 5.41) is 12.6. The first-order valence-electron chi connectivity index (χ1n) is 6.41. The zero-order chi connectivity index (χ0) is 16.1. The van der Waals surface area contributed by atoms with Crippen LogP contribution in [-0.2, 0) is 13.2 Å². The molecule has 2 N–H and O–H groups in total. The molecule has 0 unspecified atom stereocenters. The van der Waals surface area contributed by atoms with Crippen LogP contribution in [0.1, 0.15) is 11.1 Å². The Balaban J connectivity index is 2.25. The van der Waals surface area contributed by atoms with Gasteiger partial charge in [-0.3, -0.25) is 4.68 Å². The summed E-state index contributed by atoms with van der Waals surface area (Å²) in [4.78, 5) is 0. The first-order valence-corrected chi connectivity index (χ1v) is 6.41. The Kier molecular flexibility index (Phi) is 3.05. The first kappa shape index (κ1) is 14.3. The molecule has 2 heterocycles. The van der Waals surface area contributed by atoms with Crippen LogP contribution < -0.4 is 5.73 Å². The molecule has 0 spiro atoms. The molecule has 0 amide bonds. The molecule has 2 aromatic heterocycles. The van der Waals surface area contributed by atoms with Crippen LogP contribution in [0.5, 0.6) is 0 Å². The molecule has 3 rings (SSSR count). The van der Waals surface area contributed by atoms with Crippen LogP contribution >= 0.6 is 0 Å². The van der Waals surface area contributed by atoms with Gasteiger partial charge in [0.1, 0.15) is 5.69 Å². The average Bonchev–Trinajstić information content (AvgIpc) is 2.82. The smallest absolute Gasteiger partial charge is 0.382 e. The van der Waals surface area contributed by atoms with E-state index >= 15 is 0 Å². The van der Waals surface area contributed by atoms with E-state index in [0.29, 0.717) is 27.7 Å². The van der Waals surface area contributed by atoms with Gasteiger partial charge >= 0.3 is 6.18 Å². The predicted octanol–water partition coefficient (Wildman–Crippen LogP) is 2.94. The van der Waals surface area contributed by atoms with Crippen molar-refractivity contribution in [2.75, 3.05) is 5.73 Å². The number of fused-ring (bicyclic) bond motifs is 1. The minimum absolute atomic E-state index is 0.233. The fraction of sp³-hybridized carbons (Fsp3) is 0.214. The number of nitrogens with two attached hydrogens (primary N) is 1. The SMILES string of the molecule is Cc1cc(C(F)(F)F)ccc1-c1nnc(N)c2cnn(C)c12. The molecule has 22 heavy (non-hydrogen) atoms. The predicted molar refractivity (Wildman–Crippen MR) is 75.9 cm³/mol. The molecule has 114 valence electrons. The van der Waals surface area contributed by atoms with Crippen LogP contribution in [0.3, 0.4) is 0 Å². The van der Waals surface area contributed by atoms with Crippen LogP contribution in [0.2, 0.25) is 0 Å². The number of nitrogen functional groups attached to an aromatic ring is 1. The van der Waals surface area contributed by atoms with Crippen LogP contribution in [0, 0.1) is 6.92 Å². The number of benzene rings is 1. The highest BCUT2D eigenvalue weighted by atomic mass is 19.4. The summed E-state index contributed by atoms with van der Waals surface area (Å²) in [6.45, 7) is 1.60. The van der Waals surface area contributed by atoms with Crippen molar-refractivity contribution < 1.29 is 13.2 Å². The number of halogens is 3. The van der Waals surface area contributed by atoms with Gasteiger partial charge in [-0.2, -0.15) is 18.3 Å². The lowest BCUT2D eigenvalue weighted by Crippen LogP contribution is -2.06. The van der Waals surface area contributed by atoms with E-state index in [1.807, 2.05) is 0 Å². The highest BCUT2D eigenvalue weighted by Crippen LogP contribution is 2.34. The minimum atomic E-state index is -4.38. The van der Waals surface area contributed by atoms with E-state index in [2.05, 4.69) is 15.3 Å². The quantitative estimate of drug-likeness (QED) is 0.750. The summed E-state index contributed by atoms with van der Waals surface area (Å²) in [5.41, 5.74) is 7.17. The Morgan fingerprint density at radius 2 is 1.91 bits per heavy atom. The van der Waals surface area contributed by atoms with E-state index in [4.69, 9.17) is 5.73 Å². The second kappa shape index (κ2) is 4.69. The molecular weight excluding hydrogens is 295 g/mol. The largest absolute Gasteiger partial charge is 0.416 e. The number of rotatable bonds is 1. The number of aromatic nitrogens is 4. The van der Waals surface area contributed by atoms with Crippen LogP contribution in [0.25, 0.3) is 22.2 Å². The third-order valence-corrected chi connectivity index (χ3v) is 3.51. The van der Waals surface area contributed by atoms with Gasteiger partial charge in [-0.1, -0.05) is 6.07 Å². The fourth-order valence-electron chi connectivity index (χ4n) is 2.40. The van der Waals surface area contributed by atoms with Gasteiger partial charge in [-0.05, 0) is 24.6 Å². The molecule has 8 heteroatoms. The lowest BCUT2D eigenvalue weighted by atomic mass is 10.0. The molecule has 0 radical (unpaired) electrons. The molecule has 0 aliphatic carbocycles. The standard InChI is InChI=1S/C14H12F3N5/c1-7-5-8(14(15,16)17)3-4-9(7)11-12-10(6-19-22(12)2)13(18)21-20-11/h3-6H,1-2H3,(H2,18,21). The third kappa shape index (κ3) is 2.16. The Hall–Kier alpha value is -2.64. The van der Waals surface area contributed by atoms with Crippen molar-refractivity contribution in [2.45, 2.75) is 13.1 Å². The highest BCUT2D eigenvalue weighted by molar-refractivity contribution is 5.97. The molecule has 0 fully saturated rings. The lowest BCUT2D eigenvalue weighted by Gasteiger charge is -2.11. The Bertz CT molecular complexity index is 867. The summed E-state index contributed by atoms with van der Waals surface area (Å²) in [7, 11) is 1.71. The molecule has 0 atom stereocenters. The van der Waals surface area contributed by atoms with Gasteiger partial charge in [-0.15, -0.1) is 10.2 Å². The summed E-state index contributed by atoms with van der Waals surface area (Å²) in [6, 6.07) is 3.52. The summed E-state index contributed by atoms with van der Waals surface area (Å²) in [5.74, 6) is 0.233. The molecule has 5 nitrogen and oxygen atoms in total. The van der Waals surface area contributed by atoms with E-state index in [0.717, 1.165) is 12.1 Å². The van der Waals surface area contributed by atoms with Crippen molar-refractivity contribution in [3.05, 3.63) is 35.5 Å². The minimum Gasteiger partial charge on any atom is -0.382 e. The Labute approximate surface area is 123 Å². The Morgan fingerprint density at radius 3 is 2.55 bits per heavy atom. The van der Waals surface area contributed by atoms with E-state index < -0.39 is 11.7 Å². The van der Waals surface area contributed by atoms with Crippen molar-refractivity contribution >= 4 is 16.7 Å². The zero-order valence-electron chi connectivity index (χ0n) is 11.8. The molecule has 0 aliphatic heterocycles. The van der Waals surface area contributed by atoms with Gasteiger partial charge in [0.2, 0.25) is 0 Å². The van der Waals surface area contributed by atoms with E-state index in [1.54, 1.807) is 24.9 Å². The van der Waals surface area contributed by atoms with Crippen LogP contribution in [0.15, 0.2) is 24.4 Å². The summed E-state index contributed by atoms with van der Waals surface area (Å²) < 4.78 is 39.9. The maximum absolute atomic E-state index is 12.8. The van der Waals surface area contributed by atoms with Crippen molar-refractivity contribution in [1.29, 1.82) is 0 Å². The maximum Gasteiger partial charge on any atom is 0.416 e. The molecular formula is C14H12F3N5. The number of nitrogens with zero attached hydrogens (tertiary/aromatic N) is 4. The number of hydrogen-bond donors (Lipinski definition) is 1. The lowest BCUT2D eigenvalue weighted by molar-refractivity contribution is -0.137. The van der Waals surface area contributed by atoms with Crippen molar-refractivity contribution in [1.82, 2.24) is 20.0 Å². The first-order chi connectivity index (χ1) is 10.3. The number of hydrogen-bond acceptors (Lipinski definition) is 4.